The molecular formula is C25H20N2O. The lowest BCUT2D eigenvalue weighted by atomic mass is 10.1. The molecule has 0 bridgehead atoms. The highest BCUT2D eigenvalue weighted by Crippen LogP contribution is 2.38. The molecule has 0 saturated heterocycles. The molecule has 0 spiro atoms. The average molecular weight is 364 g/mol. The molecular weight excluding hydrogens is 344 g/mol. The maximum Gasteiger partial charge on any atom is 0.119 e. The van der Waals surface area contributed by atoms with E-state index in [4.69, 9.17) is 4.74 Å². The Balaban J connectivity index is 1.84. The molecule has 0 atom stereocenters. The summed E-state index contributed by atoms with van der Waals surface area (Å²) in [5, 5.41) is 5.94. The van der Waals surface area contributed by atoms with Gasteiger partial charge in [-0.25, -0.2) is 0 Å². The molecule has 1 aromatic heterocycles. The second kappa shape index (κ2) is 6.78. The molecule has 0 aliphatic heterocycles. The first-order valence-corrected chi connectivity index (χ1v) is 9.34. The molecule has 0 saturated carbocycles. The lowest BCUT2D eigenvalue weighted by Gasteiger charge is -2.10. The molecule has 28 heavy (non-hydrogen) atoms. The Labute approximate surface area is 163 Å². The molecule has 0 unspecified atom stereocenters. The number of hydrogen-bond acceptors (Lipinski definition) is 2. The number of anilines is 2. The van der Waals surface area contributed by atoms with Gasteiger partial charge in [0.05, 0.1) is 18.1 Å². The monoisotopic (exact) mass is 364 g/mol. The number of rotatable bonds is 4. The highest BCUT2D eigenvalue weighted by molar-refractivity contribution is 6.15. The molecule has 0 fully saturated rings. The summed E-state index contributed by atoms with van der Waals surface area (Å²) in [4.78, 5) is 0. The third-order valence-corrected chi connectivity index (χ3v) is 5.06. The van der Waals surface area contributed by atoms with Crippen molar-refractivity contribution < 1.29 is 4.74 Å². The Morgan fingerprint density at radius 1 is 0.714 bits per heavy atom. The number of nitrogens with one attached hydrogen (secondary N) is 1. The van der Waals surface area contributed by atoms with E-state index in [2.05, 4.69) is 76.6 Å². The van der Waals surface area contributed by atoms with Gasteiger partial charge in [0.25, 0.3) is 0 Å². The van der Waals surface area contributed by atoms with Gasteiger partial charge in [-0.2, -0.15) is 0 Å². The minimum Gasteiger partial charge on any atom is -0.497 e. The molecule has 4 aromatic carbocycles. The first-order valence-electron chi connectivity index (χ1n) is 9.34. The molecule has 136 valence electrons. The van der Waals surface area contributed by atoms with Crippen LogP contribution in [0, 0.1) is 0 Å². The molecule has 1 heterocycles. The lowest BCUT2D eigenvalue weighted by molar-refractivity contribution is 0.415. The number of methoxy groups -OCH3 is 1. The summed E-state index contributed by atoms with van der Waals surface area (Å²) in [6, 6.07) is 33.4. The molecule has 5 aromatic rings. The topological polar surface area (TPSA) is 26.2 Å². The van der Waals surface area contributed by atoms with E-state index in [0.29, 0.717) is 0 Å². The molecule has 1 N–H and O–H groups in total. The van der Waals surface area contributed by atoms with Crippen LogP contribution in [0.5, 0.6) is 5.75 Å². The fraction of sp³-hybridized carbons (Fsp3) is 0.0400. The Morgan fingerprint density at radius 2 is 1.46 bits per heavy atom. The molecule has 5 rings (SSSR count). The number of nitrogens with zero attached hydrogens (tertiary/aromatic N) is 1. The van der Waals surface area contributed by atoms with E-state index >= 15 is 0 Å². The number of hydrogen-bond donors (Lipinski definition) is 1. The number of ether oxygens (including phenoxy) is 1. The van der Waals surface area contributed by atoms with E-state index in [-0.39, 0.29) is 0 Å². The predicted molar refractivity (Wildman–Crippen MR) is 117 cm³/mol. The molecule has 3 nitrogen and oxygen atoms in total. The fourth-order valence-corrected chi connectivity index (χ4v) is 3.81. The summed E-state index contributed by atoms with van der Waals surface area (Å²) < 4.78 is 7.82. The van der Waals surface area contributed by atoms with E-state index in [1.165, 1.54) is 5.39 Å². The Hall–Kier alpha value is -3.72. The van der Waals surface area contributed by atoms with Gasteiger partial charge in [-0.15, -0.1) is 0 Å². The zero-order valence-corrected chi connectivity index (χ0v) is 15.6. The zero-order valence-electron chi connectivity index (χ0n) is 15.6. The van der Waals surface area contributed by atoms with Gasteiger partial charge in [0.15, 0.2) is 0 Å². The largest absolute Gasteiger partial charge is 0.497 e. The van der Waals surface area contributed by atoms with Crippen LogP contribution in [0.25, 0.3) is 27.5 Å². The van der Waals surface area contributed by atoms with Crippen LogP contribution in [0.2, 0.25) is 0 Å². The van der Waals surface area contributed by atoms with Crippen molar-refractivity contribution in [3.63, 3.8) is 0 Å². The number of aromatic nitrogens is 1. The van der Waals surface area contributed by atoms with Crippen LogP contribution in [0.3, 0.4) is 0 Å². The van der Waals surface area contributed by atoms with Gasteiger partial charge in [-0.05, 0) is 54.6 Å². The summed E-state index contributed by atoms with van der Waals surface area (Å²) in [6.07, 6.45) is 0. The standard InChI is InChI=1S/C25H20N2O/c1-28-20-15-16-23-21(17-20)25-22(26-18-9-4-2-5-10-18)13-8-14-24(25)27(23)19-11-6-3-7-12-19/h2-17,26H,1H3. The summed E-state index contributed by atoms with van der Waals surface area (Å²) in [7, 11) is 1.71. The Bertz CT molecular complexity index is 1260. The van der Waals surface area contributed by atoms with Crippen molar-refractivity contribution in [3.8, 4) is 11.4 Å². The molecule has 0 aliphatic carbocycles. The highest BCUT2D eigenvalue weighted by Gasteiger charge is 2.16. The van der Waals surface area contributed by atoms with E-state index in [1.54, 1.807) is 7.11 Å². The summed E-state index contributed by atoms with van der Waals surface area (Å²) in [6.45, 7) is 0. The predicted octanol–water partition coefficient (Wildman–Crippen LogP) is 6.54. The van der Waals surface area contributed by atoms with Gasteiger partial charge in [-0.1, -0.05) is 42.5 Å². The number of para-hydroxylation sites is 2. The van der Waals surface area contributed by atoms with Crippen LogP contribution in [-0.2, 0) is 0 Å². The van der Waals surface area contributed by atoms with Crippen LogP contribution in [0.15, 0.2) is 97.1 Å². The second-order valence-electron chi connectivity index (χ2n) is 6.74. The zero-order chi connectivity index (χ0) is 18.9. The second-order valence-corrected chi connectivity index (χ2v) is 6.74. The quantitative estimate of drug-likeness (QED) is 0.392. The number of fused-ring (bicyclic) bond motifs is 3. The van der Waals surface area contributed by atoms with Crippen molar-refractivity contribution >= 4 is 33.2 Å². The Kier molecular flexibility index (Phi) is 3.99. The van der Waals surface area contributed by atoms with Gasteiger partial charge in [-0.3, -0.25) is 0 Å². The summed E-state index contributed by atoms with van der Waals surface area (Å²) >= 11 is 0. The van der Waals surface area contributed by atoms with Crippen LogP contribution in [-0.4, -0.2) is 11.7 Å². The smallest absolute Gasteiger partial charge is 0.119 e. The van der Waals surface area contributed by atoms with Gasteiger partial charge in [0, 0.05) is 27.8 Å². The molecule has 0 aliphatic rings. The minimum atomic E-state index is 0.856. The average Bonchev–Trinajstić information content (AvgIpc) is 3.09. The van der Waals surface area contributed by atoms with Crippen molar-refractivity contribution in [2.45, 2.75) is 0 Å². The van der Waals surface area contributed by atoms with Crippen LogP contribution in [0.1, 0.15) is 0 Å². The van der Waals surface area contributed by atoms with Crippen molar-refractivity contribution in [2.24, 2.45) is 0 Å². The van der Waals surface area contributed by atoms with Crippen molar-refractivity contribution in [3.05, 3.63) is 97.1 Å². The number of benzene rings is 4. The van der Waals surface area contributed by atoms with Crippen LogP contribution >= 0.6 is 0 Å². The first-order chi connectivity index (χ1) is 13.8. The SMILES string of the molecule is COc1ccc2c(c1)c1c(Nc3ccccc3)cccc1n2-c1ccccc1. The van der Waals surface area contributed by atoms with E-state index in [9.17, 15) is 0 Å². The Morgan fingerprint density at radius 3 is 2.21 bits per heavy atom. The van der Waals surface area contributed by atoms with Crippen molar-refractivity contribution in [1.82, 2.24) is 4.57 Å². The van der Waals surface area contributed by atoms with Gasteiger partial charge >= 0.3 is 0 Å². The maximum absolute atomic E-state index is 5.51. The van der Waals surface area contributed by atoms with Crippen molar-refractivity contribution in [1.29, 1.82) is 0 Å². The summed E-state index contributed by atoms with van der Waals surface area (Å²) in [5.41, 5.74) is 5.61. The first kappa shape index (κ1) is 16.5. The van der Waals surface area contributed by atoms with Crippen molar-refractivity contribution in [2.75, 3.05) is 12.4 Å². The minimum absolute atomic E-state index is 0.856. The third kappa shape index (κ3) is 2.69. The summed E-state index contributed by atoms with van der Waals surface area (Å²) in [5.74, 6) is 0.856. The molecule has 3 heteroatoms. The lowest BCUT2D eigenvalue weighted by Crippen LogP contribution is -1.94. The maximum atomic E-state index is 5.51. The third-order valence-electron chi connectivity index (χ3n) is 5.06. The highest BCUT2D eigenvalue weighted by atomic mass is 16.5. The normalized spacial score (nSPS) is 11.0. The molecule has 0 amide bonds. The fourth-order valence-electron chi connectivity index (χ4n) is 3.81. The van der Waals surface area contributed by atoms with Crippen LogP contribution < -0.4 is 10.1 Å². The van der Waals surface area contributed by atoms with Gasteiger partial charge in [0.2, 0.25) is 0 Å². The van der Waals surface area contributed by atoms with E-state index in [0.717, 1.165) is 39.2 Å². The van der Waals surface area contributed by atoms with Gasteiger partial charge in [0.1, 0.15) is 5.75 Å². The van der Waals surface area contributed by atoms with Gasteiger partial charge < -0.3 is 14.6 Å². The van der Waals surface area contributed by atoms with E-state index < -0.39 is 0 Å². The van der Waals surface area contributed by atoms with Crippen LogP contribution in [0.4, 0.5) is 11.4 Å². The molecule has 0 radical (unpaired) electrons. The van der Waals surface area contributed by atoms with E-state index in [1.807, 2.05) is 30.3 Å².